The molecule has 1 heterocycles. The Morgan fingerprint density at radius 2 is 2.05 bits per heavy atom. The summed E-state index contributed by atoms with van der Waals surface area (Å²) in [5.74, 6) is -0.343. The Bertz CT molecular complexity index is 774. The molecule has 2 aromatic carbocycles. The topological polar surface area (TPSA) is 50.4 Å². The zero-order valence-electron chi connectivity index (χ0n) is 10.3. The van der Waals surface area contributed by atoms with Crippen molar-refractivity contribution in [1.29, 1.82) is 0 Å². The van der Waals surface area contributed by atoms with Gasteiger partial charge in [0.05, 0.1) is 4.90 Å². The molecule has 3 nitrogen and oxygen atoms in total. The number of hydrogen-bond acceptors (Lipinski definition) is 3. The second-order valence-corrected chi connectivity index (χ2v) is 5.11. The summed E-state index contributed by atoms with van der Waals surface area (Å²) in [5, 5.41) is 12.2. The van der Waals surface area contributed by atoms with E-state index in [2.05, 4.69) is 0 Å². The largest absolute Gasteiger partial charge is 0.481 e. The van der Waals surface area contributed by atoms with Crippen LogP contribution in [0.25, 0.3) is 21.7 Å². The number of hydrogen-bond donors (Lipinski definition) is 1. The lowest BCUT2D eigenvalue weighted by Gasteiger charge is -2.00. The number of aliphatic carboxylic acids is 1. The van der Waals surface area contributed by atoms with Crippen molar-refractivity contribution in [3.63, 3.8) is 0 Å². The SMILES string of the molecule is CSc1c(CC(=O)O)oc2ccc3ccccc3c12. The average molecular weight is 272 g/mol. The van der Waals surface area contributed by atoms with Gasteiger partial charge < -0.3 is 9.52 Å². The van der Waals surface area contributed by atoms with E-state index < -0.39 is 5.97 Å². The third kappa shape index (κ3) is 1.98. The van der Waals surface area contributed by atoms with Crippen molar-refractivity contribution in [2.24, 2.45) is 0 Å². The minimum Gasteiger partial charge on any atom is -0.481 e. The minimum absolute atomic E-state index is 0.0841. The van der Waals surface area contributed by atoms with Crippen LogP contribution in [0.3, 0.4) is 0 Å². The van der Waals surface area contributed by atoms with Crippen molar-refractivity contribution in [3.8, 4) is 0 Å². The highest BCUT2D eigenvalue weighted by atomic mass is 32.2. The summed E-state index contributed by atoms with van der Waals surface area (Å²) in [6, 6.07) is 12.0. The molecule has 19 heavy (non-hydrogen) atoms. The molecule has 0 radical (unpaired) electrons. The number of thioether (sulfide) groups is 1. The van der Waals surface area contributed by atoms with Crippen LogP contribution in [0, 0.1) is 0 Å². The van der Waals surface area contributed by atoms with E-state index in [9.17, 15) is 4.79 Å². The zero-order valence-corrected chi connectivity index (χ0v) is 11.2. The van der Waals surface area contributed by atoms with E-state index >= 15 is 0 Å². The van der Waals surface area contributed by atoms with Crippen molar-refractivity contribution < 1.29 is 14.3 Å². The van der Waals surface area contributed by atoms with Gasteiger partial charge in [-0.3, -0.25) is 4.79 Å². The summed E-state index contributed by atoms with van der Waals surface area (Å²) in [7, 11) is 0. The molecule has 0 saturated carbocycles. The molecule has 4 heteroatoms. The number of carbonyl (C=O) groups is 1. The van der Waals surface area contributed by atoms with Gasteiger partial charge in [-0.05, 0) is 23.1 Å². The summed E-state index contributed by atoms with van der Waals surface area (Å²) >= 11 is 1.53. The molecule has 3 rings (SSSR count). The second kappa shape index (κ2) is 4.63. The predicted octanol–water partition coefficient (Wildman–Crippen LogP) is 3.94. The maximum atomic E-state index is 10.9. The third-order valence-corrected chi connectivity index (χ3v) is 3.96. The first kappa shape index (κ1) is 12.1. The molecule has 1 aromatic heterocycles. The Morgan fingerprint density at radius 3 is 2.79 bits per heavy atom. The van der Waals surface area contributed by atoms with Crippen LogP contribution in [0.2, 0.25) is 0 Å². The molecule has 0 bridgehead atoms. The van der Waals surface area contributed by atoms with E-state index in [0.29, 0.717) is 5.76 Å². The molecule has 0 saturated heterocycles. The van der Waals surface area contributed by atoms with Crippen molar-refractivity contribution in [3.05, 3.63) is 42.2 Å². The maximum Gasteiger partial charge on any atom is 0.311 e. The normalized spacial score (nSPS) is 11.2. The van der Waals surface area contributed by atoms with Crippen molar-refractivity contribution >= 4 is 39.5 Å². The number of furan rings is 1. The molecule has 1 N–H and O–H groups in total. The Morgan fingerprint density at radius 1 is 1.26 bits per heavy atom. The molecule has 0 unspecified atom stereocenters. The van der Waals surface area contributed by atoms with Crippen LogP contribution in [0.1, 0.15) is 5.76 Å². The first-order valence-electron chi connectivity index (χ1n) is 5.89. The van der Waals surface area contributed by atoms with Gasteiger partial charge in [0, 0.05) is 5.39 Å². The fraction of sp³-hybridized carbons (Fsp3) is 0.133. The molecule has 96 valence electrons. The number of carboxylic acids is 1. The summed E-state index contributed by atoms with van der Waals surface area (Å²) in [6.45, 7) is 0. The Balaban J connectivity index is 2.38. The van der Waals surface area contributed by atoms with Crippen LogP contribution in [-0.2, 0) is 11.2 Å². The van der Waals surface area contributed by atoms with Crippen molar-refractivity contribution in [2.75, 3.05) is 6.26 Å². The van der Waals surface area contributed by atoms with Crippen molar-refractivity contribution in [2.45, 2.75) is 11.3 Å². The monoisotopic (exact) mass is 272 g/mol. The molecule has 3 aromatic rings. The number of rotatable bonds is 3. The van der Waals surface area contributed by atoms with Gasteiger partial charge in [0.25, 0.3) is 0 Å². The second-order valence-electron chi connectivity index (χ2n) is 4.29. The molecular weight excluding hydrogens is 260 g/mol. The highest BCUT2D eigenvalue weighted by molar-refractivity contribution is 7.98. The van der Waals surface area contributed by atoms with E-state index in [1.165, 1.54) is 11.8 Å². The quantitative estimate of drug-likeness (QED) is 0.734. The average Bonchev–Trinajstić information content (AvgIpc) is 2.75. The van der Waals surface area contributed by atoms with Crippen LogP contribution < -0.4 is 0 Å². The third-order valence-electron chi connectivity index (χ3n) is 3.12. The molecule has 0 atom stereocenters. The van der Waals surface area contributed by atoms with Gasteiger partial charge in [0.2, 0.25) is 0 Å². The highest BCUT2D eigenvalue weighted by Crippen LogP contribution is 2.37. The molecule has 0 amide bonds. The zero-order chi connectivity index (χ0) is 13.4. The van der Waals surface area contributed by atoms with Gasteiger partial charge in [0.1, 0.15) is 17.8 Å². The predicted molar refractivity (Wildman–Crippen MR) is 76.8 cm³/mol. The van der Waals surface area contributed by atoms with Crippen LogP contribution in [0.4, 0.5) is 0 Å². The van der Waals surface area contributed by atoms with Gasteiger partial charge in [-0.25, -0.2) is 0 Å². The Hall–Kier alpha value is -1.94. The molecule has 0 spiro atoms. The van der Waals surface area contributed by atoms with E-state index in [1.54, 1.807) is 0 Å². The lowest BCUT2D eigenvalue weighted by Crippen LogP contribution is -1.99. The highest BCUT2D eigenvalue weighted by Gasteiger charge is 2.17. The fourth-order valence-electron chi connectivity index (χ4n) is 2.36. The minimum atomic E-state index is -0.876. The Kier molecular flexibility index (Phi) is 2.95. The molecular formula is C15H12O3S. The van der Waals surface area contributed by atoms with Gasteiger partial charge in [0.15, 0.2) is 0 Å². The van der Waals surface area contributed by atoms with Gasteiger partial charge in [-0.15, -0.1) is 11.8 Å². The summed E-state index contributed by atoms with van der Waals surface area (Å²) < 4.78 is 5.71. The van der Waals surface area contributed by atoms with E-state index in [-0.39, 0.29) is 6.42 Å². The smallest absolute Gasteiger partial charge is 0.311 e. The van der Waals surface area contributed by atoms with Crippen LogP contribution in [-0.4, -0.2) is 17.3 Å². The van der Waals surface area contributed by atoms with Crippen LogP contribution >= 0.6 is 11.8 Å². The molecule has 0 fully saturated rings. The van der Waals surface area contributed by atoms with E-state index in [1.807, 2.05) is 42.7 Å². The number of fused-ring (bicyclic) bond motifs is 3. The van der Waals surface area contributed by atoms with E-state index in [0.717, 1.165) is 26.6 Å². The first-order chi connectivity index (χ1) is 9.20. The molecule has 0 aliphatic carbocycles. The van der Waals surface area contributed by atoms with Gasteiger partial charge in [-0.2, -0.15) is 0 Å². The maximum absolute atomic E-state index is 10.9. The number of benzene rings is 2. The fourth-order valence-corrected chi connectivity index (χ4v) is 3.12. The molecule has 0 aliphatic rings. The summed E-state index contributed by atoms with van der Waals surface area (Å²) in [5.41, 5.74) is 0.749. The number of carboxylic acid groups (broad SMARTS) is 1. The van der Waals surface area contributed by atoms with E-state index in [4.69, 9.17) is 9.52 Å². The Labute approximate surface area is 114 Å². The lowest BCUT2D eigenvalue weighted by atomic mass is 10.1. The van der Waals surface area contributed by atoms with Gasteiger partial charge >= 0.3 is 5.97 Å². The first-order valence-corrected chi connectivity index (χ1v) is 7.12. The van der Waals surface area contributed by atoms with Crippen LogP contribution in [0.5, 0.6) is 0 Å². The standard InChI is InChI=1S/C15H12O3S/c1-19-15-12(8-13(16)17)18-11-7-6-9-4-2-3-5-10(9)14(11)15/h2-7H,8H2,1H3,(H,16,17). The molecule has 0 aliphatic heterocycles. The summed E-state index contributed by atoms with van der Waals surface area (Å²) in [4.78, 5) is 11.8. The van der Waals surface area contributed by atoms with Crippen molar-refractivity contribution in [1.82, 2.24) is 0 Å². The summed E-state index contributed by atoms with van der Waals surface area (Å²) in [6.07, 6.45) is 1.86. The lowest BCUT2D eigenvalue weighted by molar-refractivity contribution is -0.136. The van der Waals surface area contributed by atoms with Crippen LogP contribution in [0.15, 0.2) is 45.7 Å². The van der Waals surface area contributed by atoms with Gasteiger partial charge in [-0.1, -0.05) is 30.3 Å².